The average Bonchev–Trinajstić information content (AvgIpc) is 2.38. The highest BCUT2D eigenvalue weighted by Gasteiger charge is 2.10. The van der Waals surface area contributed by atoms with Crippen LogP contribution in [0, 0.1) is 0 Å². The minimum absolute atomic E-state index is 0.121. The number of aliphatic hydroxyl groups excluding tert-OH is 2. The molecule has 8 nitrogen and oxygen atoms in total. The fourth-order valence-electron chi connectivity index (χ4n) is 1.13. The van der Waals surface area contributed by atoms with Crippen molar-refractivity contribution in [2.45, 2.75) is 44.8 Å². The summed E-state index contributed by atoms with van der Waals surface area (Å²) in [6, 6.07) is 0. The van der Waals surface area contributed by atoms with Gasteiger partial charge < -0.3 is 19.9 Å². The number of hydroxylamine groups is 1. The minimum atomic E-state index is -0.964. The fourth-order valence-corrected chi connectivity index (χ4v) is 1.13. The quantitative estimate of drug-likeness (QED) is 0.227. The molecule has 0 amide bonds. The van der Waals surface area contributed by atoms with Crippen molar-refractivity contribution in [1.29, 1.82) is 0 Å². The number of nitrogens with two attached hydrogens (primary N) is 1. The molecule has 0 aromatic heterocycles. The van der Waals surface area contributed by atoms with Gasteiger partial charge in [0.2, 0.25) is 0 Å². The maximum Gasteiger partial charge on any atom is 0.325 e. The van der Waals surface area contributed by atoms with Crippen LogP contribution in [0.5, 0.6) is 0 Å². The molecule has 0 spiro atoms. The second kappa shape index (κ2) is 10.9. The molecule has 0 aliphatic heterocycles. The monoisotopic (exact) mass is 264 g/mol. The average molecular weight is 264 g/mol. The van der Waals surface area contributed by atoms with Crippen molar-refractivity contribution in [3.05, 3.63) is 0 Å². The van der Waals surface area contributed by atoms with Crippen molar-refractivity contribution < 1.29 is 29.5 Å². The SMILES string of the molecule is NOC(=O)CCC(=O)ONC(O)CCCCCO. The maximum absolute atomic E-state index is 11.1. The molecule has 0 aromatic carbocycles. The lowest BCUT2D eigenvalue weighted by atomic mass is 10.2. The van der Waals surface area contributed by atoms with E-state index in [1.807, 2.05) is 0 Å². The number of rotatable bonds is 10. The van der Waals surface area contributed by atoms with Gasteiger partial charge in [-0.2, -0.15) is 5.90 Å². The van der Waals surface area contributed by atoms with Gasteiger partial charge in [-0.15, -0.1) is 5.48 Å². The zero-order valence-corrected chi connectivity index (χ0v) is 10.1. The molecule has 5 N–H and O–H groups in total. The second-order valence-electron chi connectivity index (χ2n) is 3.67. The van der Waals surface area contributed by atoms with Gasteiger partial charge in [-0.3, -0.25) is 9.59 Å². The van der Waals surface area contributed by atoms with Gasteiger partial charge in [0.05, 0.1) is 12.8 Å². The van der Waals surface area contributed by atoms with Crippen molar-refractivity contribution in [2.24, 2.45) is 5.90 Å². The second-order valence-corrected chi connectivity index (χ2v) is 3.67. The van der Waals surface area contributed by atoms with Crippen LogP contribution < -0.4 is 11.4 Å². The van der Waals surface area contributed by atoms with Crippen LogP contribution in [0.3, 0.4) is 0 Å². The minimum Gasteiger partial charge on any atom is -0.396 e. The van der Waals surface area contributed by atoms with E-state index in [-0.39, 0.29) is 19.4 Å². The lowest BCUT2D eigenvalue weighted by molar-refractivity contribution is -0.162. The third-order valence-corrected chi connectivity index (χ3v) is 2.11. The topological polar surface area (TPSA) is 131 Å². The summed E-state index contributed by atoms with van der Waals surface area (Å²) >= 11 is 0. The summed E-state index contributed by atoms with van der Waals surface area (Å²) in [5.74, 6) is 3.19. The van der Waals surface area contributed by atoms with Gasteiger partial charge in [0.15, 0.2) is 0 Å². The highest BCUT2D eigenvalue weighted by molar-refractivity contribution is 5.77. The summed E-state index contributed by atoms with van der Waals surface area (Å²) in [5.41, 5.74) is 2.16. The summed E-state index contributed by atoms with van der Waals surface area (Å²) in [6.45, 7) is 0.121. The standard InChI is InChI=1S/C10H20N2O6/c11-17-9(15)5-6-10(16)18-12-8(14)4-2-1-3-7-13/h8,12-14H,1-7,11H2. The number of aliphatic hydroxyl groups is 2. The Morgan fingerprint density at radius 2 is 1.83 bits per heavy atom. The van der Waals surface area contributed by atoms with Crippen molar-refractivity contribution in [2.75, 3.05) is 6.61 Å². The molecule has 1 atom stereocenters. The van der Waals surface area contributed by atoms with Gasteiger partial charge in [-0.25, -0.2) is 0 Å². The lowest BCUT2D eigenvalue weighted by Crippen LogP contribution is -2.31. The first-order chi connectivity index (χ1) is 8.60. The first-order valence-corrected chi connectivity index (χ1v) is 5.73. The van der Waals surface area contributed by atoms with Gasteiger partial charge in [0.1, 0.15) is 6.23 Å². The molecule has 0 rings (SSSR count). The lowest BCUT2D eigenvalue weighted by Gasteiger charge is -2.11. The Morgan fingerprint density at radius 3 is 2.44 bits per heavy atom. The first kappa shape index (κ1) is 16.8. The summed E-state index contributed by atoms with van der Waals surface area (Å²) in [7, 11) is 0. The Labute approximate surface area is 105 Å². The number of hydrogen-bond acceptors (Lipinski definition) is 8. The molecule has 0 radical (unpaired) electrons. The van der Waals surface area contributed by atoms with Crippen LogP contribution in [0.1, 0.15) is 38.5 Å². The van der Waals surface area contributed by atoms with Crippen LogP contribution in [0.2, 0.25) is 0 Å². The molecule has 0 bridgehead atoms. The predicted octanol–water partition coefficient (Wildman–Crippen LogP) is -0.898. The van der Waals surface area contributed by atoms with E-state index in [2.05, 4.69) is 21.1 Å². The van der Waals surface area contributed by atoms with Crippen LogP contribution in [0.4, 0.5) is 0 Å². The molecule has 106 valence electrons. The Bertz CT molecular complexity index is 249. The van der Waals surface area contributed by atoms with Crippen LogP contribution in [-0.2, 0) is 19.3 Å². The Hall–Kier alpha value is -1.22. The number of nitrogens with one attached hydrogen (secondary N) is 1. The smallest absolute Gasteiger partial charge is 0.325 e. The highest BCUT2D eigenvalue weighted by Crippen LogP contribution is 2.02. The van der Waals surface area contributed by atoms with Crippen molar-refractivity contribution >= 4 is 11.9 Å². The third-order valence-electron chi connectivity index (χ3n) is 2.11. The molecular formula is C10H20N2O6. The summed E-state index contributed by atoms with van der Waals surface area (Å²) < 4.78 is 0. The number of carbonyl (C=O) groups is 2. The molecule has 0 saturated carbocycles. The molecular weight excluding hydrogens is 244 g/mol. The van der Waals surface area contributed by atoms with E-state index in [9.17, 15) is 14.7 Å². The van der Waals surface area contributed by atoms with Crippen LogP contribution in [0.15, 0.2) is 0 Å². The molecule has 0 aliphatic rings. The van der Waals surface area contributed by atoms with Crippen LogP contribution in [-0.4, -0.2) is 35.0 Å². The first-order valence-electron chi connectivity index (χ1n) is 5.73. The zero-order chi connectivity index (χ0) is 13.8. The third kappa shape index (κ3) is 9.97. The van der Waals surface area contributed by atoms with E-state index in [0.29, 0.717) is 19.3 Å². The largest absolute Gasteiger partial charge is 0.396 e. The van der Waals surface area contributed by atoms with Crippen molar-refractivity contribution in [3.8, 4) is 0 Å². The normalized spacial score (nSPS) is 11.9. The Balaban J connectivity index is 3.50. The van der Waals surface area contributed by atoms with E-state index in [1.54, 1.807) is 0 Å². The van der Waals surface area contributed by atoms with Gasteiger partial charge in [-0.05, 0) is 19.3 Å². The molecule has 0 aromatic rings. The fraction of sp³-hybridized carbons (Fsp3) is 0.800. The van der Waals surface area contributed by atoms with Gasteiger partial charge in [-0.1, -0.05) is 6.42 Å². The molecule has 0 saturated heterocycles. The Morgan fingerprint density at radius 1 is 1.17 bits per heavy atom. The number of carbonyl (C=O) groups excluding carboxylic acids is 2. The van der Waals surface area contributed by atoms with E-state index in [0.717, 1.165) is 6.42 Å². The summed E-state index contributed by atoms with van der Waals surface area (Å²) in [4.78, 5) is 30.1. The van der Waals surface area contributed by atoms with E-state index >= 15 is 0 Å². The Kier molecular flexibility index (Phi) is 10.2. The van der Waals surface area contributed by atoms with Gasteiger partial charge in [0, 0.05) is 6.61 Å². The van der Waals surface area contributed by atoms with E-state index < -0.39 is 18.2 Å². The molecule has 0 fully saturated rings. The van der Waals surface area contributed by atoms with Gasteiger partial charge in [0.25, 0.3) is 0 Å². The predicted molar refractivity (Wildman–Crippen MR) is 60.3 cm³/mol. The molecule has 8 heteroatoms. The van der Waals surface area contributed by atoms with E-state index in [4.69, 9.17) is 5.11 Å². The van der Waals surface area contributed by atoms with Crippen LogP contribution >= 0.6 is 0 Å². The molecule has 1 unspecified atom stereocenters. The summed E-state index contributed by atoms with van der Waals surface area (Å²) in [6.07, 6.45) is 1.24. The molecule has 0 heterocycles. The maximum atomic E-state index is 11.1. The van der Waals surface area contributed by atoms with Crippen molar-refractivity contribution in [3.63, 3.8) is 0 Å². The number of unbranched alkanes of at least 4 members (excludes halogenated alkanes) is 2. The summed E-state index contributed by atoms with van der Waals surface area (Å²) in [5, 5.41) is 17.9. The molecule has 18 heavy (non-hydrogen) atoms. The van der Waals surface area contributed by atoms with Crippen molar-refractivity contribution in [1.82, 2.24) is 5.48 Å². The highest BCUT2D eigenvalue weighted by atomic mass is 16.7. The van der Waals surface area contributed by atoms with Crippen LogP contribution in [0.25, 0.3) is 0 Å². The van der Waals surface area contributed by atoms with Gasteiger partial charge >= 0.3 is 11.9 Å². The number of hydrogen-bond donors (Lipinski definition) is 4. The molecule has 0 aliphatic carbocycles. The van der Waals surface area contributed by atoms with E-state index in [1.165, 1.54) is 0 Å². The zero-order valence-electron chi connectivity index (χ0n) is 10.1.